The lowest BCUT2D eigenvalue weighted by atomic mass is 9.72. The lowest BCUT2D eigenvalue weighted by Crippen LogP contribution is -2.69. The fourth-order valence-electron chi connectivity index (χ4n) is 4.79. The molecule has 3 aromatic rings. The van der Waals surface area contributed by atoms with Gasteiger partial charge in [-0.1, -0.05) is 11.6 Å². The lowest BCUT2D eigenvalue weighted by Gasteiger charge is -2.43. The van der Waals surface area contributed by atoms with Crippen molar-refractivity contribution in [3.05, 3.63) is 50.6 Å². The SMILES string of the molecule is CN1CCc2nc(C(=O)NC3CC(O)C(O)CC3(N)C(=O)c3cc4cc(Cl)ccc4[nH]3)sc2C1.Cl. The molecule has 9 nitrogen and oxygen atoms in total. The molecular formula is C23H27Cl2N5O4S. The Kier molecular flexibility index (Phi) is 7.27. The van der Waals surface area contributed by atoms with E-state index in [1.807, 2.05) is 7.05 Å². The number of rotatable bonds is 4. The van der Waals surface area contributed by atoms with E-state index in [2.05, 4.69) is 20.2 Å². The second-order valence-corrected chi connectivity index (χ2v) is 10.8. The molecular weight excluding hydrogens is 513 g/mol. The average molecular weight is 540 g/mol. The van der Waals surface area contributed by atoms with Gasteiger partial charge in [0.2, 0.25) is 5.78 Å². The monoisotopic (exact) mass is 539 g/mol. The maximum Gasteiger partial charge on any atom is 0.280 e. The summed E-state index contributed by atoms with van der Waals surface area (Å²) in [6, 6.07) is 5.96. The standard InChI is InChI=1S/C23H26ClN5O4S.ClH/c1-29-5-4-14-18(10-29)34-22(27-14)21(33)28-19-8-16(30)17(31)9-23(19,25)20(32)15-7-11-6-12(24)2-3-13(11)26-15;/h2-3,6-7,16-17,19,26,30-31H,4-5,8-10,25H2,1H3,(H,28,33);1H. The minimum atomic E-state index is -1.63. The zero-order valence-electron chi connectivity index (χ0n) is 19.0. The van der Waals surface area contributed by atoms with E-state index in [1.54, 1.807) is 24.3 Å². The Morgan fingerprint density at radius 1 is 1.31 bits per heavy atom. The highest BCUT2D eigenvalue weighted by Crippen LogP contribution is 2.32. The number of carbonyl (C=O) groups excluding carboxylic acids is 2. The van der Waals surface area contributed by atoms with Gasteiger partial charge in [0.15, 0.2) is 5.01 Å². The quantitative estimate of drug-likeness (QED) is 0.318. The van der Waals surface area contributed by atoms with Crippen LogP contribution in [0.3, 0.4) is 0 Å². The fourth-order valence-corrected chi connectivity index (χ4v) is 6.06. The van der Waals surface area contributed by atoms with E-state index in [0.29, 0.717) is 15.5 Å². The number of halogens is 2. The number of carbonyl (C=O) groups is 2. The number of aliphatic hydroxyl groups is 2. The maximum atomic E-state index is 13.6. The summed E-state index contributed by atoms with van der Waals surface area (Å²) in [4.78, 5) is 37.5. The minimum absolute atomic E-state index is 0. The van der Waals surface area contributed by atoms with Crippen LogP contribution in [0.25, 0.3) is 10.9 Å². The zero-order valence-corrected chi connectivity index (χ0v) is 21.3. The molecule has 4 unspecified atom stereocenters. The van der Waals surface area contributed by atoms with Gasteiger partial charge < -0.3 is 31.1 Å². The maximum absolute atomic E-state index is 13.6. The summed E-state index contributed by atoms with van der Waals surface area (Å²) in [5.74, 6) is -0.905. The zero-order chi connectivity index (χ0) is 24.2. The second-order valence-electron chi connectivity index (χ2n) is 9.26. The number of nitrogens with one attached hydrogen (secondary N) is 2. The van der Waals surface area contributed by atoms with Gasteiger partial charge >= 0.3 is 0 Å². The Morgan fingerprint density at radius 2 is 2.09 bits per heavy atom. The molecule has 0 saturated heterocycles. The van der Waals surface area contributed by atoms with E-state index in [-0.39, 0.29) is 30.9 Å². The number of nitrogens with two attached hydrogens (primary N) is 1. The molecule has 1 fully saturated rings. The molecule has 4 atom stereocenters. The molecule has 1 aromatic carbocycles. The summed E-state index contributed by atoms with van der Waals surface area (Å²) < 4.78 is 0. The van der Waals surface area contributed by atoms with Gasteiger partial charge in [-0.05, 0) is 37.7 Å². The number of nitrogens with zero attached hydrogens (tertiary/aromatic N) is 2. The predicted molar refractivity (Wildman–Crippen MR) is 136 cm³/mol. The van der Waals surface area contributed by atoms with Gasteiger partial charge in [-0.3, -0.25) is 9.59 Å². The van der Waals surface area contributed by atoms with E-state index in [0.717, 1.165) is 35.5 Å². The van der Waals surface area contributed by atoms with E-state index in [1.165, 1.54) is 11.3 Å². The first-order valence-electron chi connectivity index (χ1n) is 11.1. The molecule has 2 aliphatic rings. The summed E-state index contributed by atoms with van der Waals surface area (Å²) in [6.45, 7) is 1.61. The largest absolute Gasteiger partial charge is 0.390 e. The summed E-state index contributed by atoms with van der Waals surface area (Å²) in [6.07, 6.45) is -1.80. The van der Waals surface area contributed by atoms with Crippen molar-refractivity contribution >= 4 is 57.9 Å². The Morgan fingerprint density at radius 3 is 2.86 bits per heavy atom. The van der Waals surface area contributed by atoms with Crippen LogP contribution < -0.4 is 11.1 Å². The number of aromatic amines is 1. The van der Waals surface area contributed by atoms with Crippen molar-refractivity contribution < 1.29 is 19.8 Å². The van der Waals surface area contributed by atoms with Crippen LogP contribution in [0.1, 0.15) is 43.7 Å². The van der Waals surface area contributed by atoms with Crippen molar-refractivity contribution in [3.8, 4) is 0 Å². The molecule has 0 bridgehead atoms. The highest BCUT2D eigenvalue weighted by molar-refractivity contribution is 7.13. The van der Waals surface area contributed by atoms with Crippen molar-refractivity contribution in [2.45, 2.75) is 49.6 Å². The number of aromatic nitrogens is 2. The van der Waals surface area contributed by atoms with Gasteiger partial charge in [0.05, 0.1) is 29.6 Å². The van der Waals surface area contributed by atoms with Gasteiger partial charge in [-0.2, -0.15) is 0 Å². The lowest BCUT2D eigenvalue weighted by molar-refractivity contribution is -0.0387. The number of Topliss-reactive ketones (excluding diaryl/α,β-unsaturated/α-hetero) is 1. The van der Waals surface area contributed by atoms with Crippen molar-refractivity contribution in [3.63, 3.8) is 0 Å². The number of benzene rings is 1. The average Bonchev–Trinajstić information content (AvgIpc) is 3.40. The smallest absolute Gasteiger partial charge is 0.280 e. The van der Waals surface area contributed by atoms with E-state index < -0.39 is 35.5 Å². The van der Waals surface area contributed by atoms with Crippen LogP contribution in [0, 0.1) is 0 Å². The van der Waals surface area contributed by atoms with Crippen molar-refractivity contribution in [2.75, 3.05) is 13.6 Å². The number of fused-ring (bicyclic) bond motifs is 2. The molecule has 2 aromatic heterocycles. The van der Waals surface area contributed by atoms with Crippen molar-refractivity contribution in [1.82, 2.24) is 20.2 Å². The summed E-state index contributed by atoms with van der Waals surface area (Å²) in [7, 11) is 2.02. The van der Waals surface area contributed by atoms with Crippen LogP contribution in [0.15, 0.2) is 24.3 Å². The van der Waals surface area contributed by atoms with E-state index in [4.69, 9.17) is 17.3 Å². The van der Waals surface area contributed by atoms with Crippen LogP contribution in [-0.4, -0.2) is 74.2 Å². The number of H-pyrrole nitrogens is 1. The van der Waals surface area contributed by atoms with Crippen LogP contribution in [0.2, 0.25) is 5.02 Å². The molecule has 1 aliphatic carbocycles. The molecule has 3 heterocycles. The number of ketones is 1. The summed E-state index contributed by atoms with van der Waals surface area (Å²) >= 11 is 7.39. The van der Waals surface area contributed by atoms with Gasteiger partial charge in [-0.25, -0.2) is 4.98 Å². The topological polar surface area (TPSA) is 145 Å². The number of hydrogen-bond donors (Lipinski definition) is 5. The molecule has 0 spiro atoms. The van der Waals surface area contributed by atoms with Gasteiger partial charge in [0.1, 0.15) is 5.54 Å². The van der Waals surface area contributed by atoms with Crippen LogP contribution >= 0.6 is 35.3 Å². The third-order valence-electron chi connectivity index (χ3n) is 6.76. The third kappa shape index (κ3) is 4.84. The molecule has 1 amide bonds. The molecule has 188 valence electrons. The van der Waals surface area contributed by atoms with Gasteiger partial charge in [0.25, 0.3) is 5.91 Å². The molecule has 1 aliphatic heterocycles. The highest BCUT2D eigenvalue weighted by Gasteiger charge is 2.51. The molecule has 12 heteroatoms. The van der Waals surface area contributed by atoms with E-state index in [9.17, 15) is 19.8 Å². The van der Waals surface area contributed by atoms with Crippen LogP contribution in [0.4, 0.5) is 0 Å². The number of aliphatic hydroxyl groups excluding tert-OH is 2. The predicted octanol–water partition coefficient (Wildman–Crippen LogP) is 1.88. The summed E-state index contributed by atoms with van der Waals surface area (Å²) in [5, 5.41) is 25.1. The molecule has 6 N–H and O–H groups in total. The Labute approximate surface area is 217 Å². The van der Waals surface area contributed by atoms with Gasteiger partial charge in [0, 0.05) is 46.7 Å². The summed E-state index contributed by atoms with van der Waals surface area (Å²) in [5.41, 5.74) is 6.87. The van der Waals surface area contributed by atoms with Crippen molar-refractivity contribution in [2.24, 2.45) is 5.73 Å². The first-order valence-corrected chi connectivity index (χ1v) is 12.3. The first kappa shape index (κ1) is 26.0. The normalized spacial score (nSPS) is 26.7. The van der Waals surface area contributed by atoms with Crippen LogP contribution in [-0.2, 0) is 13.0 Å². The van der Waals surface area contributed by atoms with Crippen LogP contribution in [0.5, 0.6) is 0 Å². The minimum Gasteiger partial charge on any atom is -0.390 e. The number of amides is 1. The molecule has 0 radical (unpaired) electrons. The van der Waals surface area contributed by atoms with Gasteiger partial charge in [-0.15, -0.1) is 23.7 Å². The second kappa shape index (κ2) is 9.78. The third-order valence-corrected chi connectivity index (χ3v) is 8.08. The Balaban J connectivity index is 0.00000289. The number of hydrogen-bond acceptors (Lipinski definition) is 8. The fraction of sp³-hybridized carbons (Fsp3) is 0.435. The Bertz CT molecular complexity index is 1280. The molecule has 1 saturated carbocycles. The Hall–Kier alpha value is -2.05. The van der Waals surface area contributed by atoms with Crippen molar-refractivity contribution in [1.29, 1.82) is 0 Å². The number of likely N-dealkylation sites (N-methyl/N-ethyl adjacent to an activating group) is 1. The molecule has 5 rings (SSSR count). The highest BCUT2D eigenvalue weighted by atomic mass is 35.5. The van der Waals surface area contributed by atoms with E-state index >= 15 is 0 Å². The number of thiazole rings is 1. The first-order chi connectivity index (χ1) is 16.1. The molecule has 35 heavy (non-hydrogen) atoms.